The first-order valence-corrected chi connectivity index (χ1v) is 9.57. The van der Waals surface area contributed by atoms with Gasteiger partial charge in [0.2, 0.25) is 0 Å². The van der Waals surface area contributed by atoms with Gasteiger partial charge in [0.25, 0.3) is 5.91 Å². The molecular formula is C21H23N5O3. The van der Waals surface area contributed by atoms with Crippen LogP contribution in [0.25, 0.3) is 16.7 Å². The van der Waals surface area contributed by atoms with Crippen molar-refractivity contribution in [1.82, 2.24) is 20.3 Å². The van der Waals surface area contributed by atoms with Gasteiger partial charge in [0.05, 0.1) is 6.61 Å². The maximum absolute atomic E-state index is 12.9. The second-order valence-electron chi connectivity index (χ2n) is 7.01. The standard InChI is InChI=1S/C21H23N5O3/c1-15-18-17(16-5-3-2-4-6-16)7-8-22-19(18)26(20(15)28)21(29)23-25-11-9-24(10-12-25)13-14-27/h2-8,27H,1,9-14H2,(H,23,29). The summed E-state index contributed by atoms with van der Waals surface area (Å²) in [6.07, 6.45) is 1.60. The first-order chi connectivity index (χ1) is 14.1. The first-order valence-electron chi connectivity index (χ1n) is 9.57. The molecule has 150 valence electrons. The highest BCUT2D eigenvalue weighted by Crippen LogP contribution is 2.40. The average molecular weight is 393 g/mol. The van der Waals surface area contributed by atoms with E-state index in [2.05, 4.69) is 21.9 Å². The number of nitrogens with zero attached hydrogens (tertiary/aromatic N) is 4. The van der Waals surface area contributed by atoms with Gasteiger partial charge in [-0.15, -0.1) is 0 Å². The van der Waals surface area contributed by atoms with Crippen molar-refractivity contribution < 1.29 is 14.7 Å². The van der Waals surface area contributed by atoms with Gasteiger partial charge < -0.3 is 5.11 Å². The monoisotopic (exact) mass is 393 g/mol. The minimum absolute atomic E-state index is 0.114. The Balaban J connectivity index is 1.55. The predicted octanol–water partition coefficient (Wildman–Crippen LogP) is 1.34. The highest BCUT2D eigenvalue weighted by molar-refractivity contribution is 6.39. The van der Waals surface area contributed by atoms with E-state index in [1.165, 1.54) is 0 Å². The van der Waals surface area contributed by atoms with Crippen LogP contribution in [0.2, 0.25) is 0 Å². The number of urea groups is 1. The van der Waals surface area contributed by atoms with Gasteiger partial charge in [-0.25, -0.2) is 19.7 Å². The van der Waals surface area contributed by atoms with Crippen LogP contribution < -0.4 is 10.3 Å². The van der Waals surface area contributed by atoms with Gasteiger partial charge in [-0.05, 0) is 17.2 Å². The van der Waals surface area contributed by atoms with Gasteiger partial charge in [0, 0.05) is 50.1 Å². The molecule has 1 aromatic heterocycles. The number of carbonyl (C=O) groups is 2. The molecule has 2 aromatic rings. The van der Waals surface area contributed by atoms with Crippen LogP contribution in [-0.4, -0.2) is 71.3 Å². The number of carbonyl (C=O) groups excluding carboxylic acids is 2. The maximum Gasteiger partial charge on any atom is 0.344 e. The zero-order valence-corrected chi connectivity index (χ0v) is 16.0. The molecule has 3 amide bonds. The summed E-state index contributed by atoms with van der Waals surface area (Å²) in [5, 5.41) is 10.8. The van der Waals surface area contributed by atoms with E-state index in [0.717, 1.165) is 29.1 Å². The topological polar surface area (TPSA) is 89.0 Å². The van der Waals surface area contributed by atoms with E-state index in [1.54, 1.807) is 11.2 Å². The summed E-state index contributed by atoms with van der Waals surface area (Å²) in [4.78, 5) is 33.2. The van der Waals surface area contributed by atoms with E-state index in [4.69, 9.17) is 5.11 Å². The van der Waals surface area contributed by atoms with Gasteiger partial charge in [0.1, 0.15) is 0 Å². The van der Waals surface area contributed by atoms with Crippen molar-refractivity contribution in [3.63, 3.8) is 0 Å². The van der Waals surface area contributed by atoms with Crippen molar-refractivity contribution in [3.05, 3.63) is 54.7 Å². The minimum atomic E-state index is -0.539. The number of fused-ring (bicyclic) bond motifs is 1. The third-order valence-corrected chi connectivity index (χ3v) is 5.24. The van der Waals surface area contributed by atoms with E-state index >= 15 is 0 Å². The molecule has 8 nitrogen and oxygen atoms in total. The van der Waals surface area contributed by atoms with Crippen LogP contribution in [0.1, 0.15) is 5.56 Å². The molecule has 3 heterocycles. The zero-order valence-electron chi connectivity index (χ0n) is 16.0. The van der Waals surface area contributed by atoms with Crippen molar-refractivity contribution >= 4 is 23.3 Å². The van der Waals surface area contributed by atoms with Crippen molar-refractivity contribution in [1.29, 1.82) is 0 Å². The lowest BCUT2D eigenvalue weighted by Crippen LogP contribution is -2.57. The number of amides is 3. The Morgan fingerprint density at radius 2 is 1.86 bits per heavy atom. The molecule has 0 aliphatic carbocycles. The maximum atomic E-state index is 12.9. The molecule has 8 heteroatoms. The number of β-amino-alcohol motifs (C(OH)–C–C–N with tert-alkyl or cyclic N) is 1. The zero-order chi connectivity index (χ0) is 20.4. The molecule has 1 saturated heterocycles. The summed E-state index contributed by atoms with van der Waals surface area (Å²) in [5.74, 6) is -0.162. The number of imide groups is 1. The van der Waals surface area contributed by atoms with Crippen LogP contribution >= 0.6 is 0 Å². The van der Waals surface area contributed by atoms with Crippen LogP contribution in [0.3, 0.4) is 0 Å². The number of benzene rings is 1. The number of hydrogen-bond donors (Lipinski definition) is 2. The largest absolute Gasteiger partial charge is 0.395 e. The molecule has 0 saturated carbocycles. The summed E-state index contributed by atoms with van der Waals surface area (Å²) in [6, 6.07) is 10.9. The van der Waals surface area contributed by atoms with Crippen LogP contribution in [0, 0.1) is 0 Å². The number of aliphatic hydroxyl groups excluding tert-OH is 1. The van der Waals surface area contributed by atoms with E-state index in [-0.39, 0.29) is 12.2 Å². The molecule has 1 aromatic carbocycles. The third-order valence-electron chi connectivity index (χ3n) is 5.24. The Bertz CT molecular complexity index is 939. The normalized spacial score (nSPS) is 17.5. The van der Waals surface area contributed by atoms with Crippen LogP contribution in [0.5, 0.6) is 0 Å². The first kappa shape index (κ1) is 19.3. The molecule has 0 unspecified atom stereocenters. The molecule has 4 rings (SSSR count). The lowest BCUT2D eigenvalue weighted by molar-refractivity contribution is -0.112. The van der Waals surface area contributed by atoms with E-state index in [9.17, 15) is 9.59 Å². The molecule has 2 N–H and O–H groups in total. The fraction of sp³-hybridized carbons (Fsp3) is 0.286. The molecule has 0 spiro atoms. The Hall–Kier alpha value is -3.07. The van der Waals surface area contributed by atoms with Gasteiger partial charge >= 0.3 is 6.03 Å². The molecule has 1 fully saturated rings. The molecule has 29 heavy (non-hydrogen) atoms. The van der Waals surface area contributed by atoms with E-state index in [1.807, 2.05) is 36.4 Å². The lowest BCUT2D eigenvalue weighted by Gasteiger charge is -2.34. The van der Waals surface area contributed by atoms with Crippen LogP contribution in [0.15, 0.2) is 49.2 Å². The number of hydrogen-bond acceptors (Lipinski definition) is 6. The fourth-order valence-electron chi connectivity index (χ4n) is 3.71. The number of piperazine rings is 1. The number of nitrogens with one attached hydrogen (secondary N) is 1. The van der Waals surface area contributed by atoms with Gasteiger partial charge in [-0.3, -0.25) is 15.1 Å². The summed E-state index contributed by atoms with van der Waals surface area (Å²) in [5.41, 5.74) is 5.41. The van der Waals surface area contributed by atoms with Crippen molar-refractivity contribution in [2.24, 2.45) is 0 Å². The summed E-state index contributed by atoms with van der Waals surface area (Å²) >= 11 is 0. The molecule has 0 bridgehead atoms. The number of anilines is 1. The average Bonchev–Trinajstić information content (AvgIpc) is 3.01. The van der Waals surface area contributed by atoms with Gasteiger partial charge in [-0.1, -0.05) is 36.9 Å². The Morgan fingerprint density at radius 3 is 2.55 bits per heavy atom. The number of aromatic nitrogens is 1. The van der Waals surface area contributed by atoms with Crippen molar-refractivity contribution in [2.75, 3.05) is 44.2 Å². The number of hydrazine groups is 1. The van der Waals surface area contributed by atoms with Crippen molar-refractivity contribution in [3.8, 4) is 11.1 Å². The Morgan fingerprint density at radius 1 is 1.14 bits per heavy atom. The minimum Gasteiger partial charge on any atom is -0.395 e. The Labute approximate surface area is 169 Å². The Kier molecular flexibility index (Phi) is 5.39. The van der Waals surface area contributed by atoms with Crippen molar-refractivity contribution in [2.45, 2.75) is 0 Å². The second-order valence-corrected chi connectivity index (χ2v) is 7.01. The quantitative estimate of drug-likeness (QED) is 0.763. The van der Waals surface area contributed by atoms with E-state index < -0.39 is 11.9 Å². The fourth-order valence-corrected chi connectivity index (χ4v) is 3.71. The number of pyridine rings is 1. The predicted molar refractivity (Wildman–Crippen MR) is 110 cm³/mol. The van der Waals surface area contributed by atoms with Gasteiger partial charge in [0.15, 0.2) is 5.82 Å². The second kappa shape index (κ2) is 8.12. The molecular weight excluding hydrogens is 370 g/mol. The lowest BCUT2D eigenvalue weighted by atomic mass is 9.98. The molecule has 0 radical (unpaired) electrons. The highest BCUT2D eigenvalue weighted by Gasteiger charge is 2.39. The van der Waals surface area contributed by atoms with Crippen LogP contribution in [-0.2, 0) is 4.79 Å². The molecule has 2 aliphatic rings. The summed E-state index contributed by atoms with van der Waals surface area (Å²) < 4.78 is 0. The molecule has 2 aliphatic heterocycles. The third kappa shape index (κ3) is 3.65. The summed E-state index contributed by atoms with van der Waals surface area (Å²) in [6.45, 7) is 7.33. The number of aliphatic hydroxyl groups is 1. The summed E-state index contributed by atoms with van der Waals surface area (Å²) in [7, 11) is 0. The van der Waals surface area contributed by atoms with Gasteiger partial charge in [-0.2, -0.15) is 0 Å². The van der Waals surface area contributed by atoms with Crippen LogP contribution in [0.4, 0.5) is 10.6 Å². The SMILES string of the molecule is C=C1C(=O)N(C(=O)NN2CCN(CCO)CC2)c2nccc(-c3ccccc3)c21. The smallest absolute Gasteiger partial charge is 0.344 e. The number of rotatable bonds is 4. The molecule has 0 atom stereocenters. The van der Waals surface area contributed by atoms with E-state index in [0.29, 0.717) is 31.0 Å². The highest BCUT2D eigenvalue weighted by atomic mass is 16.3.